The van der Waals surface area contributed by atoms with Crippen molar-refractivity contribution in [2.24, 2.45) is 0 Å². The van der Waals surface area contributed by atoms with E-state index in [0.29, 0.717) is 22.3 Å². The topological polar surface area (TPSA) is 112 Å². The van der Waals surface area contributed by atoms with Crippen molar-refractivity contribution < 1.29 is 29.1 Å². The summed E-state index contributed by atoms with van der Waals surface area (Å²) in [6, 6.07) is 72.3. The van der Waals surface area contributed by atoms with Crippen molar-refractivity contribution in [2.45, 2.75) is 13.3 Å². The molecule has 1 N–H and O–H groups in total. The number of hydrogen-bond donors (Lipinski definition) is 1. The number of aliphatic hydroxyl groups is 1. The van der Waals surface area contributed by atoms with E-state index >= 15 is 0 Å². The third kappa shape index (κ3) is 10.5. The number of anilines is 6. The van der Waals surface area contributed by atoms with Gasteiger partial charge < -0.3 is 5.11 Å². The Morgan fingerprint density at radius 1 is 0.444 bits per heavy atom. The number of Topliss-reactive ketones (excluding diaryl/α,β-unsaturated/α-hetero) is 4. The number of rotatable bonds is 8. The molecule has 352 valence electrons. The van der Waals surface area contributed by atoms with Gasteiger partial charge in [-0.05, 0) is 6.92 Å². The second-order valence-electron chi connectivity index (χ2n) is 16.5. The molecule has 2 heterocycles. The number of aldehydes is 1. The summed E-state index contributed by atoms with van der Waals surface area (Å²) < 4.78 is 4.20. The van der Waals surface area contributed by atoms with Gasteiger partial charge in [0.05, 0.1) is 6.42 Å². The van der Waals surface area contributed by atoms with Gasteiger partial charge in [0.25, 0.3) is 0 Å². The Bertz CT molecular complexity index is 3550. The van der Waals surface area contributed by atoms with Crippen molar-refractivity contribution in [1.29, 1.82) is 0 Å². The number of para-hydroxylation sites is 2. The van der Waals surface area contributed by atoms with Gasteiger partial charge >= 0.3 is 350 Å². The second kappa shape index (κ2) is 22.8. The first-order valence-corrected chi connectivity index (χ1v) is 26.7. The van der Waals surface area contributed by atoms with Crippen LogP contribution in [0.15, 0.2) is 224 Å². The van der Waals surface area contributed by atoms with Gasteiger partial charge in [-0.1, -0.05) is 24.3 Å². The van der Waals surface area contributed by atoms with E-state index in [2.05, 4.69) is 131 Å². The Kier molecular flexibility index (Phi) is 15.5. The van der Waals surface area contributed by atoms with E-state index in [9.17, 15) is 24.0 Å². The van der Waals surface area contributed by atoms with Gasteiger partial charge in [0.1, 0.15) is 0 Å². The van der Waals surface area contributed by atoms with Crippen LogP contribution in [0.25, 0.3) is 27.6 Å². The van der Waals surface area contributed by atoms with Gasteiger partial charge in [-0.3, -0.25) is 9.59 Å². The van der Waals surface area contributed by atoms with E-state index in [1.807, 2.05) is 48.5 Å². The summed E-state index contributed by atoms with van der Waals surface area (Å²) in [5.74, 6) is -0.462. The molecule has 0 amide bonds. The van der Waals surface area contributed by atoms with Crippen LogP contribution >= 0.6 is 0 Å². The zero-order chi connectivity index (χ0) is 50.0. The van der Waals surface area contributed by atoms with Crippen molar-refractivity contribution in [1.82, 2.24) is 0 Å². The number of carbonyl (C=O) groups is 5. The summed E-state index contributed by atoms with van der Waals surface area (Å²) in [5, 5.41) is 12.3. The van der Waals surface area contributed by atoms with Crippen LogP contribution in [0, 0.1) is 0 Å². The molecule has 0 radical (unpaired) electrons. The van der Waals surface area contributed by atoms with Gasteiger partial charge in [0.15, 0.2) is 11.6 Å². The summed E-state index contributed by atoms with van der Waals surface area (Å²) in [4.78, 5) is 63.6. The van der Waals surface area contributed by atoms with Crippen LogP contribution in [0.2, 0.25) is 0 Å². The first-order valence-electron chi connectivity index (χ1n) is 23.2. The summed E-state index contributed by atoms with van der Waals surface area (Å²) in [7, 11) is 0. The molecule has 0 atom stereocenters. The van der Waals surface area contributed by atoms with E-state index < -0.39 is 0 Å². The van der Waals surface area contributed by atoms with Gasteiger partial charge in [0, 0.05) is 17.7 Å². The Morgan fingerprint density at radius 2 is 0.819 bits per heavy atom. The van der Waals surface area contributed by atoms with Gasteiger partial charge in [-0.2, -0.15) is 0 Å². The maximum absolute atomic E-state index is 12.9. The molecule has 12 rings (SSSR count). The van der Waals surface area contributed by atoms with Crippen molar-refractivity contribution >= 4 is 118 Å². The number of carbonyl (C=O) groups excluding carboxylic acids is 5. The number of ketones is 4. The van der Waals surface area contributed by atoms with Crippen molar-refractivity contribution in [3.8, 4) is 0 Å². The molecule has 8 aromatic carbocycles. The van der Waals surface area contributed by atoms with E-state index in [0.717, 1.165) is 42.5 Å². The number of allylic oxidation sites excluding steroid dienone is 1. The molecule has 72 heavy (non-hydrogen) atoms. The molecule has 0 saturated carbocycles. The number of benzene rings is 8. The zero-order valence-corrected chi connectivity index (χ0v) is 42.5. The molecular weight excluding hydrogens is 1030 g/mol. The van der Waals surface area contributed by atoms with Gasteiger partial charge in [-0.25, -0.2) is 0 Å². The van der Waals surface area contributed by atoms with E-state index in [-0.39, 0.29) is 70.7 Å². The molecule has 8 nitrogen and oxygen atoms in total. The summed E-state index contributed by atoms with van der Waals surface area (Å²) in [6.45, 7) is 1.93. The van der Waals surface area contributed by atoms with Crippen LogP contribution in [-0.4, -0.2) is 70.1 Å². The molecule has 2 aliphatic rings. The SMILES string of the molecule is CCO.O=C1C(=Cc2ccc(N(c3ccccc3)c3cccc4ccccc34)[se]2)C(=O)c2ccccc21.O=C1CC(=O)c2ccccc21.O=Cc1ccc(N(c2ccccc2)c2cccc3ccccc23)[se]1. The molecule has 0 bridgehead atoms. The predicted molar refractivity (Wildman–Crippen MR) is 292 cm³/mol. The fraction of sp³-hybridized carbons (Fsp3) is 0.0484. The molecule has 2 aliphatic carbocycles. The minimum absolute atomic E-state index is 0.0224. The molecule has 0 saturated heterocycles. The summed E-state index contributed by atoms with van der Waals surface area (Å²) >= 11 is -0.0519. The normalized spacial score (nSPS) is 12.2. The molecule has 0 unspecified atom stereocenters. The Hall–Kier alpha value is -8.07. The van der Waals surface area contributed by atoms with Crippen LogP contribution in [0.1, 0.15) is 68.4 Å². The van der Waals surface area contributed by atoms with Crippen molar-refractivity contribution in [2.75, 3.05) is 16.4 Å². The first kappa shape index (κ1) is 48.9. The third-order valence-electron chi connectivity index (χ3n) is 11.9. The Labute approximate surface area is 429 Å². The fourth-order valence-corrected chi connectivity index (χ4v) is 12.5. The summed E-state index contributed by atoms with van der Waals surface area (Å²) in [5.41, 5.74) is 6.88. The predicted octanol–water partition coefficient (Wildman–Crippen LogP) is 13.5. The Morgan fingerprint density at radius 3 is 1.26 bits per heavy atom. The average molecular weight is 1070 g/mol. The molecule has 0 fully saturated rings. The monoisotopic (exact) mass is 1070 g/mol. The minimum atomic E-state index is -0.181. The number of nitrogens with zero attached hydrogens (tertiary/aromatic N) is 2. The van der Waals surface area contributed by atoms with Crippen molar-refractivity contribution in [3.63, 3.8) is 0 Å². The third-order valence-corrected chi connectivity index (χ3v) is 16.1. The van der Waals surface area contributed by atoms with E-state index in [4.69, 9.17) is 5.11 Å². The van der Waals surface area contributed by atoms with E-state index in [1.165, 1.54) is 26.1 Å². The fourth-order valence-electron chi connectivity index (χ4n) is 8.65. The van der Waals surface area contributed by atoms with Crippen LogP contribution in [0.5, 0.6) is 0 Å². The number of aliphatic hydroxyl groups excluding tert-OH is 1. The second-order valence-corrected chi connectivity index (χ2v) is 21.0. The zero-order valence-electron chi connectivity index (χ0n) is 39.1. The standard InChI is InChI=1S/C30H19NO2Se.C21H15NOSe.C9H6O2.C2H6O/c32-29-24-14-6-7-15-25(24)30(33)26(29)19-22-17-18-28(34-22)31(21-11-2-1-3-12-21)27-16-8-10-20-9-4-5-13-23(20)27;23-15-18-13-14-21(24-18)22(17-9-2-1-3-10-17)20-12-6-8-16-7-4-5-11-19(16)20;10-8-5-9(11)7-4-2-1-3-6(7)8;1-2-3/h1-19H;1-15H;1-4H,5H2;3H,2H2,1H3. The summed E-state index contributed by atoms with van der Waals surface area (Å²) in [6.07, 6.45) is 2.82. The average Bonchev–Trinajstić information content (AvgIpc) is 4.22. The van der Waals surface area contributed by atoms with Crippen LogP contribution in [-0.2, 0) is 0 Å². The molecule has 0 aliphatic heterocycles. The van der Waals surface area contributed by atoms with Crippen molar-refractivity contribution in [3.05, 3.63) is 255 Å². The molecule has 10 aromatic rings. The molecule has 0 spiro atoms. The molecule has 2 aromatic heterocycles. The number of fused-ring (bicyclic) bond motifs is 4. The van der Waals surface area contributed by atoms with Gasteiger partial charge in [0.2, 0.25) is 0 Å². The van der Waals surface area contributed by atoms with Gasteiger partial charge in [-0.15, -0.1) is 0 Å². The van der Waals surface area contributed by atoms with Crippen LogP contribution < -0.4 is 9.80 Å². The van der Waals surface area contributed by atoms with Crippen LogP contribution in [0.4, 0.5) is 31.9 Å². The molecular formula is C62H46N2O6Se2. The Balaban J connectivity index is 0.000000145. The quantitative estimate of drug-likeness (QED) is 0.0526. The van der Waals surface area contributed by atoms with Crippen LogP contribution in [0.3, 0.4) is 0 Å². The maximum atomic E-state index is 12.9. The van der Waals surface area contributed by atoms with E-state index in [1.54, 1.807) is 61.5 Å². The molecule has 10 heteroatoms. The number of hydrogen-bond acceptors (Lipinski definition) is 8. The first-order chi connectivity index (χ1) is 35.3.